The molecule has 0 saturated heterocycles. The topological polar surface area (TPSA) is 94.3 Å². The van der Waals surface area contributed by atoms with Crippen molar-refractivity contribution in [2.75, 3.05) is 6.61 Å². The van der Waals surface area contributed by atoms with Crippen molar-refractivity contribution in [3.05, 3.63) is 52.6 Å². The molecule has 3 aliphatic rings. The van der Waals surface area contributed by atoms with Gasteiger partial charge in [0.25, 0.3) is 11.6 Å². The molecular weight excluding hydrogens is 425 g/mol. The molecule has 6 rings (SSSR count). The largest absolute Gasteiger partial charge is 0.484 e. The summed E-state index contributed by atoms with van der Waals surface area (Å²) in [6.45, 7) is 1.60. The van der Waals surface area contributed by atoms with Crippen LogP contribution in [0.2, 0.25) is 5.02 Å². The Hall–Kier alpha value is -3.00. The molecule has 31 heavy (non-hydrogen) atoms. The lowest BCUT2D eigenvalue weighted by Gasteiger charge is -2.70. The van der Waals surface area contributed by atoms with E-state index in [0.717, 1.165) is 30.7 Å². The predicted octanol–water partition coefficient (Wildman–Crippen LogP) is 4.01. The van der Waals surface area contributed by atoms with Gasteiger partial charge < -0.3 is 14.6 Å². The molecule has 3 saturated carbocycles. The van der Waals surface area contributed by atoms with Crippen molar-refractivity contribution in [1.82, 2.24) is 15.5 Å². The van der Waals surface area contributed by atoms with E-state index in [1.165, 1.54) is 18.3 Å². The van der Waals surface area contributed by atoms with Crippen molar-refractivity contribution in [3.63, 3.8) is 0 Å². The van der Waals surface area contributed by atoms with Gasteiger partial charge in [-0.1, -0.05) is 16.8 Å². The first kappa shape index (κ1) is 19.9. The summed E-state index contributed by atoms with van der Waals surface area (Å²) < 4.78 is 23.9. The Morgan fingerprint density at radius 2 is 2.06 bits per heavy atom. The molecule has 2 bridgehead atoms. The molecule has 7 nitrogen and oxygen atoms in total. The number of amides is 1. The first-order valence-electron chi connectivity index (χ1n) is 9.91. The van der Waals surface area contributed by atoms with Crippen LogP contribution in [0.15, 0.2) is 35.0 Å². The van der Waals surface area contributed by atoms with E-state index in [1.54, 1.807) is 6.07 Å². The second-order valence-electron chi connectivity index (χ2n) is 8.67. The Morgan fingerprint density at radius 1 is 1.29 bits per heavy atom. The number of aryl methyl sites for hydroxylation is 1. The van der Waals surface area contributed by atoms with Gasteiger partial charge in [0.1, 0.15) is 11.6 Å². The number of carbonyl (C=O) groups is 2. The fourth-order valence-corrected chi connectivity index (χ4v) is 5.02. The summed E-state index contributed by atoms with van der Waals surface area (Å²) in [5, 5.41) is 7.60. The summed E-state index contributed by atoms with van der Waals surface area (Å²) in [5.41, 5.74) is 1.34. The molecular formula is C22H19ClFN3O4. The van der Waals surface area contributed by atoms with Crippen LogP contribution in [-0.2, 0) is 4.79 Å². The second kappa shape index (κ2) is 7.02. The van der Waals surface area contributed by atoms with Crippen LogP contribution in [0.1, 0.15) is 41.7 Å². The molecule has 0 unspecified atom stereocenters. The Kier molecular flexibility index (Phi) is 4.51. The molecule has 160 valence electrons. The maximum absolute atomic E-state index is 13.4. The van der Waals surface area contributed by atoms with Crippen LogP contribution in [0.5, 0.6) is 5.75 Å². The highest BCUT2D eigenvalue weighted by Gasteiger charge is 2.68. The summed E-state index contributed by atoms with van der Waals surface area (Å²) in [4.78, 5) is 29.2. The van der Waals surface area contributed by atoms with Gasteiger partial charge in [0, 0.05) is 29.8 Å². The maximum atomic E-state index is 13.4. The summed E-state index contributed by atoms with van der Waals surface area (Å²) in [6.07, 6.45) is 4.22. The zero-order chi connectivity index (χ0) is 21.8. The minimum Gasteiger partial charge on any atom is -0.484 e. The summed E-state index contributed by atoms with van der Waals surface area (Å²) in [7, 11) is 0. The first-order valence-corrected chi connectivity index (χ1v) is 10.3. The van der Waals surface area contributed by atoms with E-state index in [9.17, 15) is 14.0 Å². The van der Waals surface area contributed by atoms with E-state index in [0.29, 0.717) is 23.4 Å². The molecule has 2 heterocycles. The number of nitrogens with one attached hydrogen (secondary N) is 1. The van der Waals surface area contributed by atoms with Crippen molar-refractivity contribution in [1.29, 1.82) is 0 Å². The van der Waals surface area contributed by atoms with Gasteiger partial charge in [0.2, 0.25) is 0 Å². The van der Waals surface area contributed by atoms with Gasteiger partial charge in [-0.25, -0.2) is 9.37 Å². The third-order valence-electron chi connectivity index (χ3n) is 6.17. The Morgan fingerprint density at radius 3 is 2.81 bits per heavy atom. The van der Waals surface area contributed by atoms with Gasteiger partial charge in [0.15, 0.2) is 12.4 Å². The summed E-state index contributed by atoms with van der Waals surface area (Å²) in [6, 6.07) is 5.80. The van der Waals surface area contributed by atoms with Crippen LogP contribution >= 0.6 is 11.6 Å². The van der Waals surface area contributed by atoms with E-state index in [1.807, 2.05) is 6.92 Å². The van der Waals surface area contributed by atoms with Crippen LogP contribution < -0.4 is 10.1 Å². The van der Waals surface area contributed by atoms with Crippen molar-refractivity contribution in [2.45, 2.75) is 38.1 Å². The van der Waals surface area contributed by atoms with Crippen molar-refractivity contribution in [3.8, 4) is 5.75 Å². The van der Waals surface area contributed by atoms with Gasteiger partial charge in [-0.15, -0.1) is 0 Å². The van der Waals surface area contributed by atoms with Crippen LogP contribution in [0, 0.1) is 18.2 Å². The number of nitrogens with zero attached hydrogens (tertiary/aromatic N) is 2. The molecule has 2 aromatic heterocycles. The fourth-order valence-electron chi connectivity index (χ4n) is 4.91. The quantitative estimate of drug-likeness (QED) is 0.554. The molecule has 1 amide bonds. The van der Waals surface area contributed by atoms with Crippen molar-refractivity contribution < 1.29 is 23.2 Å². The summed E-state index contributed by atoms with van der Waals surface area (Å²) in [5.74, 6) is -0.597. The monoisotopic (exact) mass is 443 g/mol. The smallest absolute Gasteiger partial charge is 0.258 e. The number of carbonyl (C=O) groups excluding carboxylic acids is 2. The zero-order valence-electron chi connectivity index (χ0n) is 16.7. The van der Waals surface area contributed by atoms with Crippen LogP contribution in [0.3, 0.4) is 0 Å². The Bertz CT molecular complexity index is 1200. The molecule has 0 atom stereocenters. The molecule has 0 radical (unpaired) electrons. The number of pyridine rings is 1. The van der Waals surface area contributed by atoms with E-state index in [-0.39, 0.29) is 40.0 Å². The zero-order valence-corrected chi connectivity index (χ0v) is 17.5. The van der Waals surface area contributed by atoms with Crippen LogP contribution in [-0.4, -0.2) is 34.0 Å². The Labute approximate surface area is 181 Å². The fraction of sp³-hybridized carbons (Fsp3) is 0.364. The van der Waals surface area contributed by atoms with E-state index >= 15 is 0 Å². The van der Waals surface area contributed by atoms with Crippen LogP contribution in [0.25, 0.3) is 11.1 Å². The van der Waals surface area contributed by atoms with E-state index < -0.39 is 5.82 Å². The predicted molar refractivity (Wildman–Crippen MR) is 110 cm³/mol. The van der Waals surface area contributed by atoms with Crippen LogP contribution in [0.4, 0.5) is 4.39 Å². The average molecular weight is 444 g/mol. The number of benzene rings is 1. The van der Waals surface area contributed by atoms with Gasteiger partial charge >= 0.3 is 0 Å². The highest BCUT2D eigenvalue weighted by molar-refractivity contribution is 6.30. The highest BCUT2D eigenvalue weighted by atomic mass is 35.5. The number of Topliss-reactive ketones (excluding diaryl/α,β-unsaturated/α-hetero) is 1. The second-order valence-corrected chi connectivity index (χ2v) is 9.08. The minimum atomic E-state index is -0.598. The Balaban J connectivity index is 1.13. The van der Waals surface area contributed by atoms with E-state index in [4.69, 9.17) is 20.9 Å². The number of aromatic nitrogens is 2. The normalized spacial score (nSPS) is 23.7. The standard InChI is InChI=1S/C22H19ClFN3O4/c1-12-15-4-13(7-25-20(15)31-27-12)18(28)6-21-9-22(10-21,11-21)26-19(29)8-30-14-2-3-16(23)17(24)5-14/h2-5,7H,6,8-11H2,1H3,(H,26,29). The van der Waals surface area contributed by atoms with Gasteiger partial charge in [0.05, 0.1) is 16.1 Å². The molecule has 0 aliphatic heterocycles. The average Bonchev–Trinajstić information content (AvgIpc) is 3.06. The number of fused-ring (bicyclic) bond motifs is 1. The van der Waals surface area contributed by atoms with Gasteiger partial charge in [-0.3, -0.25) is 9.59 Å². The number of ether oxygens (including phenoxy) is 1. The molecule has 3 aliphatic carbocycles. The lowest BCUT2D eigenvalue weighted by molar-refractivity contribution is -0.164. The third-order valence-corrected chi connectivity index (χ3v) is 6.48. The highest BCUT2D eigenvalue weighted by Crippen LogP contribution is 2.69. The number of hydrogen-bond acceptors (Lipinski definition) is 6. The van der Waals surface area contributed by atoms with E-state index in [2.05, 4.69) is 15.5 Å². The number of hydrogen-bond donors (Lipinski definition) is 1. The SMILES string of the molecule is Cc1noc2ncc(C(=O)CC34CC(NC(=O)COc5ccc(Cl)c(F)c5)(C3)C4)cc12. The maximum Gasteiger partial charge on any atom is 0.258 e. The molecule has 3 fully saturated rings. The molecule has 1 N–H and O–H groups in total. The number of ketones is 1. The number of halogens is 2. The lowest BCUT2D eigenvalue weighted by atomic mass is 9.38. The first-order chi connectivity index (χ1) is 14.8. The van der Waals surface area contributed by atoms with Crippen molar-refractivity contribution >= 4 is 34.4 Å². The lowest BCUT2D eigenvalue weighted by Crippen LogP contribution is -2.75. The summed E-state index contributed by atoms with van der Waals surface area (Å²) >= 11 is 5.63. The van der Waals surface area contributed by atoms with Crippen molar-refractivity contribution in [2.24, 2.45) is 5.41 Å². The number of rotatable bonds is 7. The van der Waals surface area contributed by atoms with Gasteiger partial charge in [-0.2, -0.15) is 0 Å². The minimum absolute atomic E-state index is 0.00205. The van der Waals surface area contributed by atoms with Gasteiger partial charge in [-0.05, 0) is 49.8 Å². The molecule has 1 aromatic carbocycles. The molecule has 9 heteroatoms. The molecule has 3 aromatic rings. The molecule has 0 spiro atoms. The third kappa shape index (κ3) is 3.54.